The molecule has 7 nitrogen and oxygen atoms in total. The van der Waals surface area contributed by atoms with Crippen LogP contribution in [0, 0.1) is 5.41 Å². The van der Waals surface area contributed by atoms with Crippen LogP contribution in [0.1, 0.15) is 29.3 Å². The molecule has 0 amide bonds. The highest BCUT2D eigenvalue weighted by Crippen LogP contribution is 2.41. The molecule has 0 saturated heterocycles. The molecule has 0 unspecified atom stereocenters. The van der Waals surface area contributed by atoms with Crippen molar-refractivity contribution in [3.8, 4) is 11.6 Å². The third-order valence-electron chi connectivity index (χ3n) is 4.33. The summed E-state index contributed by atoms with van der Waals surface area (Å²) in [5.74, 6) is 1.41. The Morgan fingerprint density at radius 2 is 2.30 bits per heavy atom. The van der Waals surface area contributed by atoms with E-state index >= 15 is 0 Å². The number of nitrogens with zero attached hydrogens (tertiary/aromatic N) is 4. The number of aromatic nitrogens is 4. The lowest BCUT2D eigenvalue weighted by Gasteiger charge is -2.24. The fourth-order valence-electron chi connectivity index (χ4n) is 3.27. The molecule has 112 valence electrons. The van der Waals surface area contributed by atoms with Crippen molar-refractivity contribution in [2.45, 2.75) is 13.5 Å². The van der Waals surface area contributed by atoms with Crippen LogP contribution in [0.3, 0.4) is 0 Å². The van der Waals surface area contributed by atoms with E-state index in [1.165, 1.54) is 6.33 Å². The van der Waals surface area contributed by atoms with Crippen molar-refractivity contribution >= 4 is 11.4 Å². The van der Waals surface area contributed by atoms with Crippen molar-refractivity contribution in [2.75, 3.05) is 0 Å². The predicted molar refractivity (Wildman–Crippen MR) is 82.7 cm³/mol. The van der Waals surface area contributed by atoms with Gasteiger partial charge in [0, 0.05) is 40.7 Å². The highest BCUT2D eigenvalue weighted by atomic mass is 16.3. The Bertz CT molecular complexity index is 1010. The molecule has 3 aromatic rings. The SMILES string of the molecule is CC1=C2c3cccnc3C(=N)n3cnnc3-c3occ(c32)CN1. The van der Waals surface area contributed by atoms with Crippen molar-refractivity contribution in [3.05, 3.63) is 59.0 Å². The fourth-order valence-corrected chi connectivity index (χ4v) is 3.27. The van der Waals surface area contributed by atoms with Crippen LogP contribution < -0.4 is 5.32 Å². The van der Waals surface area contributed by atoms with E-state index in [4.69, 9.17) is 9.83 Å². The summed E-state index contributed by atoms with van der Waals surface area (Å²) >= 11 is 0. The largest absolute Gasteiger partial charge is 0.460 e. The minimum atomic E-state index is 0.232. The minimum absolute atomic E-state index is 0.232. The van der Waals surface area contributed by atoms with Gasteiger partial charge in [-0.05, 0) is 13.0 Å². The standard InChI is InChI=1S/C16H12N6O/c1-8-11-10-3-2-4-18-13(10)15(17)22-7-20-21-16(22)14-12(11)9(5-19-8)6-23-14/h2-4,6-7,17,19H,5H2,1H3. The molecule has 0 spiro atoms. The number of hydrogen-bond acceptors (Lipinski definition) is 6. The van der Waals surface area contributed by atoms with Gasteiger partial charge in [-0.1, -0.05) is 6.07 Å². The number of pyridine rings is 1. The van der Waals surface area contributed by atoms with E-state index in [9.17, 15) is 0 Å². The molecule has 0 atom stereocenters. The van der Waals surface area contributed by atoms with E-state index in [-0.39, 0.29) is 5.84 Å². The normalized spacial score (nSPS) is 15.3. The Kier molecular flexibility index (Phi) is 2.23. The maximum absolute atomic E-state index is 8.54. The number of hydrogen-bond donors (Lipinski definition) is 2. The van der Waals surface area contributed by atoms with Crippen LogP contribution in [0.15, 0.2) is 41.0 Å². The first-order chi connectivity index (χ1) is 11.3. The van der Waals surface area contributed by atoms with Crippen LogP contribution >= 0.6 is 0 Å². The van der Waals surface area contributed by atoms with Gasteiger partial charge in [0.15, 0.2) is 11.6 Å². The summed E-state index contributed by atoms with van der Waals surface area (Å²) in [6.07, 6.45) is 4.96. The van der Waals surface area contributed by atoms with Crippen molar-refractivity contribution in [3.63, 3.8) is 0 Å². The Labute approximate surface area is 131 Å². The van der Waals surface area contributed by atoms with E-state index < -0.39 is 0 Å². The van der Waals surface area contributed by atoms with Crippen LogP contribution in [0.5, 0.6) is 0 Å². The van der Waals surface area contributed by atoms with E-state index in [0.29, 0.717) is 23.8 Å². The fraction of sp³-hybridized carbons (Fsp3) is 0.125. The van der Waals surface area contributed by atoms with Gasteiger partial charge in [-0.2, -0.15) is 0 Å². The topological polar surface area (TPSA) is 92.6 Å². The lowest BCUT2D eigenvalue weighted by molar-refractivity contribution is 0.571. The van der Waals surface area contributed by atoms with Gasteiger partial charge >= 0.3 is 0 Å². The van der Waals surface area contributed by atoms with Crippen LogP contribution in [-0.4, -0.2) is 25.6 Å². The lowest BCUT2D eigenvalue weighted by atomic mass is 9.88. The minimum Gasteiger partial charge on any atom is -0.460 e. The van der Waals surface area contributed by atoms with Crippen LogP contribution in [0.4, 0.5) is 0 Å². The second-order valence-corrected chi connectivity index (χ2v) is 5.59. The Morgan fingerprint density at radius 3 is 3.22 bits per heavy atom. The molecule has 23 heavy (non-hydrogen) atoms. The molecule has 0 saturated carbocycles. The molecule has 5 rings (SSSR count). The summed E-state index contributed by atoms with van der Waals surface area (Å²) in [6, 6.07) is 3.87. The Balaban J connectivity index is 1.99. The van der Waals surface area contributed by atoms with Gasteiger partial charge < -0.3 is 9.73 Å². The Hall–Kier alpha value is -3.22. The van der Waals surface area contributed by atoms with Crippen LogP contribution in [0.25, 0.3) is 17.2 Å². The van der Waals surface area contributed by atoms with Gasteiger partial charge in [-0.25, -0.2) is 0 Å². The van der Waals surface area contributed by atoms with Gasteiger partial charge in [-0.15, -0.1) is 10.2 Å². The molecule has 2 aliphatic rings. The first-order valence-electron chi connectivity index (χ1n) is 7.26. The second-order valence-electron chi connectivity index (χ2n) is 5.59. The summed E-state index contributed by atoms with van der Waals surface area (Å²) in [4.78, 5) is 4.43. The molecule has 0 radical (unpaired) electrons. The number of furan rings is 1. The van der Waals surface area contributed by atoms with Crippen molar-refractivity contribution in [2.24, 2.45) is 0 Å². The van der Waals surface area contributed by atoms with Gasteiger partial charge in [-0.3, -0.25) is 15.0 Å². The molecule has 2 N–H and O–H groups in total. The summed E-state index contributed by atoms with van der Waals surface area (Å²) in [5, 5.41) is 20.0. The summed E-state index contributed by atoms with van der Waals surface area (Å²) in [6.45, 7) is 2.73. The molecular formula is C16H12N6O. The zero-order chi connectivity index (χ0) is 15.6. The second kappa shape index (κ2) is 4.16. The average molecular weight is 304 g/mol. The summed E-state index contributed by atoms with van der Waals surface area (Å²) < 4.78 is 7.42. The molecule has 0 fully saturated rings. The zero-order valence-electron chi connectivity index (χ0n) is 12.3. The molecule has 0 aliphatic carbocycles. The molecule has 7 heteroatoms. The smallest absolute Gasteiger partial charge is 0.206 e. The van der Waals surface area contributed by atoms with Crippen molar-refractivity contribution < 1.29 is 4.42 Å². The van der Waals surface area contributed by atoms with Gasteiger partial charge in [0.25, 0.3) is 0 Å². The summed E-state index contributed by atoms with van der Waals surface area (Å²) in [5.41, 5.74) is 5.64. The van der Waals surface area contributed by atoms with E-state index in [1.54, 1.807) is 17.0 Å². The first-order valence-corrected chi connectivity index (χ1v) is 7.26. The number of rotatable bonds is 0. The maximum atomic E-state index is 8.54. The van der Waals surface area contributed by atoms with Crippen LogP contribution in [-0.2, 0) is 6.54 Å². The number of allylic oxidation sites excluding steroid dienone is 1. The van der Waals surface area contributed by atoms with E-state index in [2.05, 4.69) is 20.5 Å². The summed E-state index contributed by atoms with van der Waals surface area (Å²) in [7, 11) is 0. The van der Waals surface area contributed by atoms with Crippen molar-refractivity contribution in [1.82, 2.24) is 25.1 Å². The zero-order valence-corrected chi connectivity index (χ0v) is 12.3. The van der Waals surface area contributed by atoms with Gasteiger partial charge in [0.05, 0.1) is 6.26 Å². The predicted octanol–water partition coefficient (Wildman–Crippen LogP) is 2.00. The van der Waals surface area contributed by atoms with Gasteiger partial charge in [0.1, 0.15) is 12.0 Å². The van der Waals surface area contributed by atoms with Crippen molar-refractivity contribution in [1.29, 1.82) is 5.41 Å². The molecule has 2 aliphatic heterocycles. The number of nitrogens with one attached hydrogen (secondary N) is 2. The lowest BCUT2D eigenvalue weighted by Crippen LogP contribution is -2.23. The average Bonchev–Trinajstić information content (AvgIpc) is 3.19. The highest BCUT2D eigenvalue weighted by Gasteiger charge is 2.32. The van der Waals surface area contributed by atoms with E-state index in [0.717, 1.165) is 28.0 Å². The molecule has 5 heterocycles. The maximum Gasteiger partial charge on any atom is 0.206 e. The third kappa shape index (κ3) is 1.48. The Morgan fingerprint density at radius 1 is 1.39 bits per heavy atom. The first kappa shape index (κ1) is 12.3. The van der Waals surface area contributed by atoms with Gasteiger partial charge in [0.2, 0.25) is 5.82 Å². The monoisotopic (exact) mass is 304 g/mol. The quantitative estimate of drug-likeness (QED) is 0.518. The third-order valence-corrected chi connectivity index (χ3v) is 4.33. The number of fused-ring (bicyclic) bond motifs is 4. The molecular weight excluding hydrogens is 292 g/mol. The highest BCUT2D eigenvalue weighted by molar-refractivity contribution is 6.06. The van der Waals surface area contributed by atoms with E-state index in [1.807, 2.05) is 19.1 Å². The molecule has 0 aromatic carbocycles. The van der Waals surface area contributed by atoms with Crippen LogP contribution in [0.2, 0.25) is 0 Å². The molecule has 3 aromatic heterocycles. The molecule has 0 bridgehead atoms.